The molecule has 3 N–H and O–H groups in total. The second kappa shape index (κ2) is 8.34. The van der Waals surface area contributed by atoms with Crippen LogP contribution in [0.5, 0.6) is 0 Å². The molecule has 5 nitrogen and oxygen atoms in total. The Hall–Kier alpha value is -1.80. The van der Waals surface area contributed by atoms with E-state index in [1.165, 1.54) is 0 Å². The Balaban J connectivity index is 1.77. The number of halogens is 3. The molecule has 8 heteroatoms. The van der Waals surface area contributed by atoms with Gasteiger partial charge in [0.05, 0.1) is 12.7 Å². The van der Waals surface area contributed by atoms with E-state index in [-0.39, 0.29) is 18.6 Å². The van der Waals surface area contributed by atoms with Gasteiger partial charge in [0, 0.05) is 18.2 Å². The molecule has 24 heavy (non-hydrogen) atoms. The van der Waals surface area contributed by atoms with Gasteiger partial charge < -0.3 is 20.5 Å². The summed E-state index contributed by atoms with van der Waals surface area (Å²) in [5.74, 6) is 0.0675. The molecule has 0 aliphatic heterocycles. The van der Waals surface area contributed by atoms with Crippen LogP contribution in [0.1, 0.15) is 24.8 Å². The maximum Gasteiger partial charge on any atom is 0.411 e. The highest BCUT2D eigenvalue weighted by Crippen LogP contribution is 2.24. The fourth-order valence-corrected chi connectivity index (χ4v) is 2.68. The van der Waals surface area contributed by atoms with Crippen LogP contribution >= 0.6 is 0 Å². The van der Waals surface area contributed by atoms with Gasteiger partial charge in [-0.05, 0) is 30.5 Å². The lowest BCUT2D eigenvalue weighted by Gasteiger charge is -2.15. The highest BCUT2D eigenvalue weighted by Gasteiger charge is 2.27. The maximum atomic E-state index is 12.0. The number of alkyl halides is 3. The molecule has 134 valence electrons. The monoisotopic (exact) mass is 346 g/mol. The van der Waals surface area contributed by atoms with Crippen LogP contribution in [0.2, 0.25) is 0 Å². The average molecular weight is 346 g/mol. The van der Waals surface area contributed by atoms with Crippen molar-refractivity contribution < 1.29 is 27.8 Å². The highest BCUT2D eigenvalue weighted by atomic mass is 19.4. The van der Waals surface area contributed by atoms with Crippen LogP contribution in [-0.2, 0) is 11.3 Å². The first-order chi connectivity index (χ1) is 11.3. The number of anilines is 1. The average Bonchev–Trinajstić information content (AvgIpc) is 2.89. The van der Waals surface area contributed by atoms with Gasteiger partial charge in [0.25, 0.3) is 0 Å². The first-order valence-electron chi connectivity index (χ1n) is 7.80. The summed E-state index contributed by atoms with van der Waals surface area (Å²) in [6.07, 6.45) is -2.14. The van der Waals surface area contributed by atoms with E-state index in [0.717, 1.165) is 19.3 Å². The molecule has 1 aromatic rings. The summed E-state index contributed by atoms with van der Waals surface area (Å²) in [7, 11) is 0. The lowest BCUT2D eigenvalue weighted by atomic mass is 10.1. The molecule has 1 saturated carbocycles. The van der Waals surface area contributed by atoms with Crippen molar-refractivity contribution in [1.82, 2.24) is 5.32 Å². The summed E-state index contributed by atoms with van der Waals surface area (Å²) >= 11 is 0. The highest BCUT2D eigenvalue weighted by molar-refractivity contribution is 5.89. The summed E-state index contributed by atoms with van der Waals surface area (Å²) in [5, 5.41) is 15.0. The van der Waals surface area contributed by atoms with Gasteiger partial charge in [-0.2, -0.15) is 13.2 Å². The van der Waals surface area contributed by atoms with Crippen molar-refractivity contribution in [2.24, 2.45) is 5.92 Å². The standard InChI is InChI=1S/C16H21F3N2O3/c17-16(18,19)10-24-9-11-3-1-5-13(7-11)21-15(23)20-8-12-4-2-6-14(12)22/h1,3,5,7,12,14,22H,2,4,6,8-10H2,(H2,20,21,23)/t12-,14+/m1/s1. The first-order valence-corrected chi connectivity index (χ1v) is 7.80. The topological polar surface area (TPSA) is 70.6 Å². The number of aliphatic hydroxyl groups is 1. The van der Waals surface area contributed by atoms with Crippen LogP contribution in [0, 0.1) is 5.92 Å². The van der Waals surface area contributed by atoms with E-state index in [1.807, 2.05) is 0 Å². The van der Waals surface area contributed by atoms with Gasteiger partial charge >= 0.3 is 12.2 Å². The predicted octanol–water partition coefficient (Wildman–Crippen LogP) is 3.05. The van der Waals surface area contributed by atoms with Gasteiger partial charge in [0.1, 0.15) is 6.61 Å². The Morgan fingerprint density at radius 1 is 1.33 bits per heavy atom. The number of rotatable bonds is 6. The van der Waals surface area contributed by atoms with Crippen molar-refractivity contribution in [2.45, 2.75) is 38.1 Å². The number of ether oxygens (including phenoxy) is 1. The molecule has 0 radical (unpaired) electrons. The molecule has 1 aliphatic rings. The second-order valence-electron chi connectivity index (χ2n) is 5.90. The van der Waals surface area contributed by atoms with Gasteiger partial charge in [-0.25, -0.2) is 4.79 Å². The molecule has 0 heterocycles. The van der Waals surface area contributed by atoms with Crippen LogP contribution in [0.3, 0.4) is 0 Å². The number of urea groups is 1. The number of aliphatic hydroxyl groups excluding tert-OH is 1. The summed E-state index contributed by atoms with van der Waals surface area (Å²) in [6, 6.07) is 6.02. The van der Waals surface area contributed by atoms with Gasteiger partial charge in [0.15, 0.2) is 0 Å². The molecular weight excluding hydrogens is 325 g/mol. The SMILES string of the molecule is O=C(NC[C@H]1CCC[C@@H]1O)Nc1cccc(COCC(F)(F)F)c1. The second-order valence-corrected chi connectivity index (χ2v) is 5.90. The van der Waals surface area contributed by atoms with E-state index in [0.29, 0.717) is 17.8 Å². The molecule has 1 aromatic carbocycles. The molecule has 0 spiro atoms. The van der Waals surface area contributed by atoms with E-state index in [9.17, 15) is 23.1 Å². The molecule has 0 saturated heterocycles. The molecule has 1 aliphatic carbocycles. The Morgan fingerprint density at radius 3 is 2.79 bits per heavy atom. The summed E-state index contributed by atoms with van der Waals surface area (Å²) in [6.45, 7) is -1.11. The van der Waals surface area contributed by atoms with Crippen LogP contribution in [-0.4, -0.2) is 36.6 Å². The largest absolute Gasteiger partial charge is 0.411 e. The van der Waals surface area contributed by atoms with E-state index in [2.05, 4.69) is 15.4 Å². The third kappa shape index (κ3) is 6.37. The number of benzene rings is 1. The third-order valence-corrected chi connectivity index (χ3v) is 3.86. The Labute approximate surface area is 138 Å². The molecule has 0 aromatic heterocycles. The minimum atomic E-state index is -4.36. The minimum absolute atomic E-state index is 0.0675. The van der Waals surface area contributed by atoms with Crippen molar-refractivity contribution in [3.63, 3.8) is 0 Å². The third-order valence-electron chi connectivity index (χ3n) is 3.86. The van der Waals surface area contributed by atoms with Gasteiger partial charge in [0.2, 0.25) is 0 Å². The minimum Gasteiger partial charge on any atom is -0.393 e. The van der Waals surface area contributed by atoms with E-state index in [4.69, 9.17) is 0 Å². The molecular formula is C16H21F3N2O3. The van der Waals surface area contributed by atoms with Gasteiger partial charge in [-0.1, -0.05) is 18.6 Å². The van der Waals surface area contributed by atoms with Crippen molar-refractivity contribution in [3.8, 4) is 0 Å². The molecule has 2 rings (SSSR count). The van der Waals surface area contributed by atoms with E-state index < -0.39 is 18.8 Å². The lowest BCUT2D eigenvalue weighted by Crippen LogP contribution is -2.35. The number of carbonyl (C=O) groups is 1. The summed E-state index contributed by atoms with van der Waals surface area (Å²) < 4.78 is 40.7. The van der Waals surface area contributed by atoms with Crippen molar-refractivity contribution in [2.75, 3.05) is 18.5 Å². The van der Waals surface area contributed by atoms with Crippen LogP contribution in [0.15, 0.2) is 24.3 Å². The fourth-order valence-electron chi connectivity index (χ4n) is 2.68. The fraction of sp³-hybridized carbons (Fsp3) is 0.562. The predicted molar refractivity (Wildman–Crippen MR) is 82.5 cm³/mol. The number of carbonyl (C=O) groups excluding carboxylic acids is 1. The molecule has 1 fully saturated rings. The number of amides is 2. The number of nitrogens with one attached hydrogen (secondary N) is 2. The van der Waals surface area contributed by atoms with Crippen LogP contribution in [0.4, 0.5) is 23.7 Å². The molecule has 2 atom stereocenters. The first kappa shape index (κ1) is 18.5. The number of hydrogen-bond acceptors (Lipinski definition) is 3. The zero-order chi connectivity index (χ0) is 17.6. The summed E-state index contributed by atoms with van der Waals surface area (Å²) in [4.78, 5) is 11.8. The quantitative estimate of drug-likeness (QED) is 0.741. The van der Waals surface area contributed by atoms with Crippen LogP contribution < -0.4 is 10.6 Å². The van der Waals surface area contributed by atoms with Crippen molar-refractivity contribution >= 4 is 11.7 Å². The zero-order valence-electron chi connectivity index (χ0n) is 13.1. The van der Waals surface area contributed by atoms with Crippen LogP contribution in [0.25, 0.3) is 0 Å². The Morgan fingerprint density at radius 2 is 2.12 bits per heavy atom. The molecule has 0 bridgehead atoms. The Kier molecular flexibility index (Phi) is 6.44. The number of hydrogen-bond donors (Lipinski definition) is 3. The molecule has 2 amide bonds. The molecule has 0 unspecified atom stereocenters. The Bertz CT molecular complexity index is 552. The summed E-state index contributed by atoms with van der Waals surface area (Å²) in [5.41, 5.74) is 0.996. The smallest absolute Gasteiger partial charge is 0.393 e. The maximum absolute atomic E-state index is 12.0. The van der Waals surface area contributed by atoms with E-state index in [1.54, 1.807) is 24.3 Å². The van der Waals surface area contributed by atoms with Gasteiger partial charge in [-0.3, -0.25) is 0 Å². The van der Waals surface area contributed by atoms with Crippen molar-refractivity contribution in [1.29, 1.82) is 0 Å². The normalized spacial score (nSPS) is 20.8. The van der Waals surface area contributed by atoms with Gasteiger partial charge in [-0.15, -0.1) is 0 Å². The lowest BCUT2D eigenvalue weighted by molar-refractivity contribution is -0.176. The van der Waals surface area contributed by atoms with Crippen molar-refractivity contribution in [3.05, 3.63) is 29.8 Å². The zero-order valence-corrected chi connectivity index (χ0v) is 13.1. The van der Waals surface area contributed by atoms with E-state index >= 15 is 0 Å².